The molecule has 0 amide bonds. The van der Waals surface area contributed by atoms with E-state index in [2.05, 4.69) is 20.7 Å². The predicted molar refractivity (Wildman–Crippen MR) is 108 cm³/mol. The first-order valence-corrected chi connectivity index (χ1v) is 8.96. The van der Waals surface area contributed by atoms with Crippen molar-refractivity contribution >= 4 is 40.6 Å². The highest BCUT2D eigenvalue weighted by Crippen LogP contribution is 2.18. The van der Waals surface area contributed by atoms with Crippen molar-refractivity contribution in [2.75, 3.05) is 17.2 Å². The molecule has 140 valence electrons. The second-order valence-corrected chi connectivity index (χ2v) is 6.35. The number of anilines is 2. The van der Waals surface area contributed by atoms with E-state index in [-0.39, 0.29) is 5.82 Å². The number of hydrogen-bond acceptors (Lipinski definition) is 4. The standard InChI is InChI=1S/C18H17ClFN5OS/c1-2-26-15-7-5-14(6-8-15)22-18(27)23-17-21-11-25(24-17)10-12-3-4-13(20)9-16(12)19/h3-9,11H,2,10H2,1H3,(H2,22,23,24,27). The molecule has 0 saturated carbocycles. The number of thiocarbonyl (C=S) groups is 1. The fourth-order valence-electron chi connectivity index (χ4n) is 2.32. The molecular formula is C18H17ClFN5OS. The SMILES string of the molecule is CCOc1ccc(NC(=S)Nc2ncn(Cc3ccc(F)cc3Cl)n2)cc1. The van der Waals surface area contributed by atoms with Gasteiger partial charge in [0.15, 0.2) is 5.11 Å². The van der Waals surface area contributed by atoms with Gasteiger partial charge in [-0.15, -0.1) is 5.10 Å². The maximum absolute atomic E-state index is 13.1. The quantitative estimate of drug-likeness (QED) is 0.595. The number of aromatic nitrogens is 3. The van der Waals surface area contributed by atoms with Gasteiger partial charge in [0.2, 0.25) is 5.95 Å². The van der Waals surface area contributed by atoms with E-state index >= 15 is 0 Å². The Morgan fingerprint density at radius 1 is 1.22 bits per heavy atom. The van der Waals surface area contributed by atoms with Crippen LogP contribution in [0, 0.1) is 5.82 Å². The third-order valence-corrected chi connectivity index (χ3v) is 4.09. The number of nitrogens with one attached hydrogen (secondary N) is 2. The summed E-state index contributed by atoms with van der Waals surface area (Å²) in [5.41, 5.74) is 1.55. The molecule has 1 heterocycles. The molecule has 0 spiro atoms. The molecule has 0 unspecified atom stereocenters. The third-order valence-electron chi connectivity index (χ3n) is 3.53. The molecule has 9 heteroatoms. The van der Waals surface area contributed by atoms with Gasteiger partial charge < -0.3 is 10.1 Å². The zero-order valence-electron chi connectivity index (χ0n) is 14.4. The molecule has 27 heavy (non-hydrogen) atoms. The summed E-state index contributed by atoms with van der Waals surface area (Å²) >= 11 is 11.3. The zero-order chi connectivity index (χ0) is 19.2. The van der Waals surface area contributed by atoms with E-state index in [4.69, 9.17) is 28.6 Å². The number of rotatable bonds is 6. The largest absolute Gasteiger partial charge is 0.494 e. The van der Waals surface area contributed by atoms with Crippen molar-refractivity contribution in [2.24, 2.45) is 0 Å². The first-order chi connectivity index (χ1) is 13.0. The highest BCUT2D eigenvalue weighted by atomic mass is 35.5. The summed E-state index contributed by atoms with van der Waals surface area (Å²) in [7, 11) is 0. The summed E-state index contributed by atoms with van der Waals surface area (Å²) < 4.78 is 20.1. The van der Waals surface area contributed by atoms with Crippen LogP contribution in [0.1, 0.15) is 12.5 Å². The minimum absolute atomic E-state index is 0.340. The summed E-state index contributed by atoms with van der Waals surface area (Å²) in [6.45, 7) is 2.92. The van der Waals surface area contributed by atoms with Gasteiger partial charge in [0.1, 0.15) is 17.9 Å². The molecule has 6 nitrogen and oxygen atoms in total. The van der Waals surface area contributed by atoms with Crippen molar-refractivity contribution in [3.05, 3.63) is 65.2 Å². The van der Waals surface area contributed by atoms with Gasteiger partial charge >= 0.3 is 0 Å². The lowest BCUT2D eigenvalue weighted by molar-refractivity contribution is 0.340. The second-order valence-electron chi connectivity index (χ2n) is 5.54. The van der Waals surface area contributed by atoms with Crippen LogP contribution in [0.5, 0.6) is 5.75 Å². The molecule has 0 aliphatic carbocycles. The number of hydrogen-bond donors (Lipinski definition) is 2. The molecule has 0 fully saturated rings. The van der Waals surface area contributed by atoms with Gasteiger partial charge in [0.25, 0.3) is 0 Å². The Morgan fingerprint density at radius 3 is 2.70 bits per heavy atom. The molecule has 0 atom stereocenters. The molecule has 0 bridgehead atoms. The molecule has 3 rings (SSSR count). The van der Waals surface area contributed by atoms with Crippen molar-refractivity contribution < 1.29 is 9.13 Å². The first kappa shape index (κ1) is 19.1. The van der Waals surface area contributed by atoms with E-state index in [0.29, 0.717) is 29.2 Å². The summed E-state index contributed by atoms with van der Waals surface area (Å²) in [5, 5.41) is 10.9. The predicted octanol–water partition coefficient (Wildman–Crippen LogP) is 4.33. The van der Waals surface area contributed by atoms with Crippen LogP contribution in [0.3, 0.4) is 0 Å². The number of nitrogens with zero attached hydrogens (tertiary/aromatic N) is 3. The van der Waals surface area contributed by atoms with Crippen LogP contribution < -0.4 is 15.4 Å². The maximum Gasteiger partial charge on any atom is 0.248 e. The fraction of sp³-hybridized carbons (Fsp3) is 0.167. The first-order valence-electron chi connectivity index (χ1n) is 8.17. The van der Waals surface area contributed by atoms with Gasteiger partial charge in [-0.05, 0) is 61.1 Å². The van der Waals surface area contributed by atoms with Gasteiger partial charge in [0, 0.05) is 10.7 Å². The van der Waals surface area contributed by atoms with Crippen LogP contribution in [-0.2, 0) is 6.54 Å². The number of ether oxygens (including phenoxy) is 1. The van der Waals surface area contributed by atoms with E-state index in [9.17, 15) is 4.39 Å². The second kappa shape index (κ2) is 8.79. The highest BCUT2D eigenvalue weighted by Gasteiger charge is 2.07. The van der Waals surface area contributed by atoms with Gasteiger partial charge in [-0.3, -0.25) is 5.32 Å². The van der Waals surface area contributed by atoms with Crippen molar-refractivity contribution in [1.82, 2.24) is 14.8 Å². The minimum atomic E-state index is -0.379. The van der Waals surface area contributed by atoms with Crippen LogP contribution in [0.2, 0.25) is 5.02 Å². The van der Waals surface area contributed by atoms with Crippen LogP contribution in [0.4, 0.5) is 16.0 Å². The molecule has 0 radical (unpaired) electrons. The molecule has 0 aliphatic rings. The maximum atomic E-state index is 13.1. The van der Waals surface area contributed by atoms with Gasteiger partial charge in [-0.25, -0.2) is 14.1 Å². The topological polar surface area (TPSA) is 64.0 Å². The average molecular weight is 406 g/mol. The Kier molecular flexibility index (Phi) is 6.20. The Morgan fingerprint density at radius 2 is 2.00 bits per heavy atom. The highest BCUT2D eigenvalue weighted by molar-refractivity contribution is 7.80. The number of benzene rings is 2. The Bertz CT molecular complexity index is 932. The molecule has 1 aromatic heterocycles. The fourth-order valence-corrected chi connectivity index (χ4v) is 2.75. The average Bonchev–Trinajstić information content (AvgIpc) is 3.06. The lowest BCUT2D eigenvalue weighted by atomic mass is 10.2. The zero-order valence-corrected chi connectivity index (χ0v) is 16.0. The smallest absolute Gasteiger partial charge is 0.248 e. The van der Waals surface area contributed by atoms with Gasteiger partial charge in [0.05, 0.1) is 13.2 Å². The van der Waals surface area contributed by atoms with E-state index < -0.39 is 0 Å². The molecule has 2 aromatic carbocycles. The molecular weight excluding hydrogens is 389 g/mol. The lowest BCUT2D eigenvalue weighted by Crippen LogP contribution is -2.20. The van der Waals surface area contributed by atoms with E-state index in [1.807, 2.05) is 31.2 Å². The van der Waals surface area contributed by atoms with Crippen LogP contribution in [0.25, 0.3) is 0 Å². The molecule has 2 N–H and O–H groups in total. The van der Waals surface area contributed by atoms with Crippen LogP contribution in [-0.4, -0.2) is 26.5 Å². The van der Waals surface area contributed by atoms with E-state index in [0.717, 1.165) is 17.0 Å². The van der Waals surface area contributed by atoms with Crippen molar-refractivity contribution in [2.45, 2.75) is 13.5 Å². The van der Waals surface area contributed by atoms with E-state index in [1.165, 1.54) is 12.1 Å². The Balaban J connectivity index is 1.57. The van der Waals surface area contributed by atoms with Crippen LogP contribution in [0.15, 0.2) is 48.8 Å². The van der Waals surface area contributed by atoms with Crippen LogP contribution >= 0.6 is 23.8 Å². The van der Waals surface area contributed by atoms with Crippen molar-refractivity contribution in [1.29, 1.82) is 0 Å². The summed E-state index contributed by atoms with van der Waals surface area (Å²) in [5.74, 6) is 0.758. The van der Waals surface area contributed by atoms with Gasteiger partial charge in [-0.1, -0.05) is 17.7 Å². The van der Waals surface area contributed by atoms with Crippen molar-refractivity contribution in [3.8, 4) is 5.75 Å². The minimum Gasteiger partial charge on any atom is -0.494 e. The third kappa shape index (κ3) is 5.38. The lowest BCUT2D eigenvalue weighted by Gasteiger charge is -2.09. The normalized spacial score (nSPS) is 10.5. The van der Waals surface area contributed by atoms with Gasteiger partial charge in [-0.2, -0.15) is 0 Å². The summed E-state index contributed by atoms with van der Waals surface area (Å²) in [4.78, 5) is 4.16. The Labute approximate surface area is 166 Å². The molecule has 0 saturated heterocycles. The molecule has 0 aliphatic heterocycles. The summed E-state index contributed by atoms with van der Waals surface area (Å²) in [6.07, 6.45) is 1.54. The number of halogens is 2. The molecule has 3 aromatic rings. The monoisotopic (exact) mass is 405 g/mol. The Hall–Kier alpha value is -2.71. The summed E-state index contributed by atoms with van der Waals surface area (Å²) in [6, 6.07) is 11.7. The van der Waals surface area contributed by atoms with E-state index in [1.54, 1.807) is 17.1 Å². The van der Waals surface area contributed by atoms with Crippen molar-refractivity contribution in [3.63, 3.8) is 0 Å².